The standard InChI is InChI=1S/C31H24ClN3O5/c1-38-23-12-9-21(10-13-23)31(37)40-26-15-8-19(16-27(26)39-2)18-33-35-30(36)29-28(20-6-4-3-5-7-20)24-17-22(32)11-14-25(24)34-29/h3-18,34H,1-2H3,(H,35,36). The van der Waals surface area contributed by atoms with Crippen molar-refractivity contribution in [2.45, 2.75) is 0 Å². The van der Waals surface area contributed by atoms with Gasteiger partial charge in [0.25, 0.3) is 5.91 Å². The van der Waals surface area contributed by atoms with Crippen LogP contribution in [0.15, 0.2) is 96.1 Å². The van der Waals surface area contributed by atoms with Crippen molar-refractivity contribution in [2.75, 3.05) is 14.2 Å². The van der Waals surface area contributed by atoms with Crippen LogP contribution in [0.3, 0.4) is 0 Å². The molecule has 40 heavy (non-hydrogen) atoms. The first-order valence-electron chi connectivity index (χ1n) is 12.2. The fourth-order valence-corrected chi connectivity index (χ4v) is 4.37. The first-order chi connectivity index (χ1) is 19.5. The number of benzene rings is 4. The number of amides is 1. The second kappa shape index (κ2) is 11.8. The van der Waals surface area contributed by atoms with Crippen molar-refractivity contribution in [3.8, 4) is 28.4 Å². The minimum atomic E-state index is -0.538. The third-order valence-corrected chi connectivity index (χ3v) is 6.38. The molecule has 0 saturated heterocycles. The Kier molecular flexibility index (Phi) is 7.80. The number of hydrogen-bond donors (Lipinski definition) is 2. The van der Waals surface area contributed by atoms with Gasteiger partial charge in [0.1, 0.15) is 11.4 Å². The normalized spacial score (nSPS) is 11.0. The lowest BCUT2D eigenvalue weighted by molar-refractivity contribution is 0.0729. The summed E-state index contributed by atoms with van der Waals surface area (Å²) in [4.78, 5) is 28.9. The van der Waals surface area contributed by atoms with Crippen LogP contribution in [0.5, 0.6) is 17.2 Å². The Balaban J connectivity index is 1.33. The molecule has 200 valence electrons. The van der Waals surface area contributed by atoms with E-state index < -0.39 is 11.9 Å². The van der Waals surface area contributed by atoms with E-state index in [1.807, 2.05) is 42.5 Å². The Morgan fingerprint density at radius 1 is 0.875 bits per heavy atom. The number of hydrazone groups is 1. The smallest absolute Gasteiger partial charge is 0.343 e. The Hall–Kier alpha value is -5.08. The molecule has 0 aliphatic rings. The van der Waals surface area contributed by atoms with Gasteiger partial charge in [-0.1, -0.05) is 41.9 Å². The number of carbonyl (C=O) groups is 2. The van der Waals surface area contributed by atoms with Crippen molar-refractivity contribution in [3.63, 3.8) is 0 Å². The van der Waals surface area contributed by atoms with Crippen LogP contribution >= 0.6 is 11.6 Å². The molecule has 4 aromatic carbocycles. The summed E-state index contributed by atoms with van der Waals surface area (Å²) in [6.07, 6.45) is 1.47. The Labute approximate surface area is 235 Å². The Bertz CT molecular complexity index is 1710. The van der Waals surface area contributed by atoms with E-state index in [0.29, 0.717) is 33.3 Å². The minimum absolute atomic E-state index is 0.244. The number of rotatable bonds is 8. The number of fused-ring (bicyclic) bond motifs is 1. The summed E-state index contributed by atoms with van der Waals surface area (Å²) >= 11 is 6.24. The number of hydrogen-bond acceptors (Lipinski definition) is 6. The summed E-state index contributed by atoms with van der Waals surface area (Å²) in [7, 11) is 3.02. The molecule has 1 amide bonds. The maximum Gasteiger partial charge on any atom is 0.343 e. The molecule has 5 aromatic rings. The summed E-state index contributed by atoms with van der Waals surface area (Å²) in [6.45, 7) is 0. The third-order valence-electron chi connectivity index (χ3n) is 6.15. The van der Waals surface area contributed by atoms with Crippen LogP contribution < -0.4 is 19.6 Å². The molecule has 1 aromatic heterocycles. The average Bonchev–Trinajstić information content (AvgIpc) is 3.37. The highest BCUT2D eigenvalue weighted by Crippen LogP contribution is 2.34. The number of esters is 1. The van der Waals surface area contributed by atoms with Crippen molar-refractivity contribution in [1.29, 1.82) is 0 Å². The number of nitrogens with zero attached hydrogens (tertiary/aromatic N) is 1. The third kappa shape index (κ3) is 5.67. The molecule has 0 aliphatic carbocycles. The highest BCUT2D eigenvalue weighted by molar-refractivity contribution is 6.31. The van der Waals surface area contributed by atoms with Crippen molar-refractivity contribution >= 4 is 40.6 Å². The van der Waals surface area contributed by atoms with Crippen molar-refractivity contribution in [3.05, 3.63) is 113 Å². The largest absolute Gasteiger partial charge is 0.497 e. The van der Waals surface area contributed by atoms with Crippen molar-refractivity contribution < 1.29 is 23.8 Å². The van der Waals surface area contributed by atoms with Gasteiger partial charge in [-0.05, 0) is 71.8 Å². The van der Waals surface area contributed by atoms with Crippen LogP contribution in [0, 0.1) is 0 Å². The molecule has 0 unspecified atom stereocenters. The zero-order valence-electron chi connectivity index (χ0n) is 21.6. The van der Waals surface area contributed by atoms with Crippen LogP contribution in [0.25, 0.3) is 22.0 Å². The number of H-pyrrole nitrogens is 1. The van der Waals surface area contributed by atoms with Gasteiger partial charge in [-0.2, -0.15) is 5.10 Å². The van der Waals surface area contributed by atoms with E-state index in [4.69, 9.17) is 25.8 Å². The number of ether oxygens (including phenoxy) is 3. The maximum atomic E-state index is 13.2. The summed E-state index contributed by atoms with van der Waals surface area (Å²) in [5, 5.41) is 5.53. The zero-order valence-corrected chi connectivity index (χ0v) is 22.4. The van der Waals surface area contributed by atoms with Crippen LogP contribution in [0.1, 0.15) is 26.4 Å². The van der Waals surface area contributed by atoms with Gasteiger partial charge in [-0.3, -0.25) is 4.79 Å². The van der Waals surface area contributed by atoms with E-state index in [1.165, 1.54) is 13.3 Å². The lowest BCUT2D eigenvalue weighted by Gasteiger charge is -2.10. The number of aromatic nitrogens is 1. The van der Waals surface area contributed by atoms with Gasteiger partial charge < -0.3 is 19.2 Å². The Morgan fingerprint density at radius 2 is 1.65 bits per heavy atom. The number of aromatic amines is 1. The van der Waals surface area contributed by atoms with Crippen LogP contribution in [-0.4, -0.2) is 37.3 Å². The highest BCUT2D eigenvalue weighted by Gasteiger charge is 2.19. The molecule has 1 heterocycles. The molecule has 0 fully saturated rings. The molecule has 0 spiro atoms. The van der Waals surface area contributed by atoms with E-state index >= 15 is 0 Å². The van der Waals surface area contributed by atoms with E-state index in [-0.39, 0.29) is 5.75 Å². The fourth-order valence-electron chi connectivity index (χ4n) is 4.20. The summed E-state index contributed by atoms with van der Waals surface area (Å²) in [5.41, 5.74) is 6.30. The first-order valence-corrected chi connectivity index (χ1v) is 12.6. The summed E-state index contributed by atoms with van der Waals surface area (Å²) < 4.78 is 16.0. The zero-order chi connectivity index (χ0) is 28.1. The second-order valence-electron chi connectivity index (χ2n) is 8.66. The fraction of sp³-hybridized carbons (Fsp3) is 0.0645. The molecule has 8 nitrogen and oxygen atoms in total. The molecule has 0 bridgehead atoms. The number of nitrogens with one attached hydrogen (secondary N) is 2. The van der Waals surface area contributed by atoms with E-state index in [2.05, 4.69) is 15.5 Å². The van der Waals surface area contributed by atoms with E-state index in [0.717, 1.165) is 22.0 Å². The van der Waals surface area contributed by atoms with Crippen LogP contribution in [0.4, 0.5) is 0 Å². The lowest BCUT2D eigenvalue weighted by atomic mass is 10.0. The molecule has 2 N–H and O–H groups in total. The number of carbonyl (C=O) groups excluding carboxylic acids is 2. The van der Waals surface area contributed by atoms with Gasteiger partial charge in [0.05, 0.1) is 26.0 Å². The molecular weight excluding hydrogens is 530 g/mol. The minimum Gasteiger partial charge on any atom is -0.497 e. The van der Waals surface area contributed by atoms with Gasteiger partial charge in [-0.15, -0.1) is 0 Å². The molecule has 0 saturated carbocycles. The van der Waals surface area contributed by atoms with Gasteiger partial charge in [-0.25, -0.2) is 10.2 Å². The average molecular weight is 554 g/mol. The van der Waals surface area contributed by atoms with Crippen LogP contribution in [0.2, 0.25) is 5.02 Å². The predicted molar refractivity (Wildman–Crippen MR) is 155 cm³/mol. The number of halogens is 1. The topological polar surface area (TPSA) is 102 Å². The van der Waals surface area contributed by atoms with Gasteiger partial charge in [0, 0.05) is 21.5 Å². The first kappa shape index (κ1) is 26.5. The van der Waals surface area contributed by atoms with Gasteiger partial charge in [0.2, 0.25) is 0 Å². The van der Waals surface area contributed by atoms with Crippen LogP contribution in [-0.2, 0) is 0 Å². The molecular formula is C31H24ClN3O5. The van der Waals surface area contributed by atoms with Crippen molar-refractivity contribution in [1.82, 2.24) is 10.4 Å². The highest BCUT2D eigenvalue weighted by atomic mass is 35.5. The molecule has 5 rings (SSSR count). The SMILES string of the molecule is COc1ccc(C(=O)Oc2ccc(C=NNC(=O)c3[nH]c4ccc(Cl)cc4c3-c3ccccc3)cc2OC)cc1. The summed E-state index contributed by atoms with van der Waals surface area (Å²) in [5.74, 6) is 0.253. The monoisotopic (exact) mass is 553 g/mol. The lowest BCUT2D eigenvalue weighted by Crippen LogP contribution is -2.18. The molecule has 0 atom stereocenters. The van der Waals surface area contributed by atoms with E-state index in [1.54, 1.807) is 55.6 Å². The van der Waals surface area contributed by atoms with Gasteiger partial charge >= 0.3 is 5.97 Å². The van der Waals surface area contributed by atoms with Gasteiger partial charge in [0.15, 0.2) is 11.5 Å². The predicted octanol–water partition coefficient (Wildman–Crippen LogP) is 6.49. The molecule has 0 radical (unpaired) electrons. The maximum absolute atomic E-state index is 13.2. The molecule has 0 aliphatic heterocycles. The van der Waals surface area contributed by atoms with E-state index in [9.17, 15) is 9.59 Å². The molecule has 9 heteroatoms. The van der Waals surface area contributed by atoms with Crippen molar-refractivity contribution in [2.24, 2.45) is 5.10 Å². The summed E-state index contributed by atoms with van der Waals surface area (Å²) in [6, 6.07) is 26.5. The second-order valence-corrected chi connectivity index (χ2v) is 9.09. The number of methoxy groups -OCH3 is 2. The Morgan fingerprint density at radius 3 is 2.38 bits per heavy atom. The quantitative estimate of drug-likeness (QED) is 0.0989.